The summed E-state index contributed by atoms with van der Waals surface area (Å²) in [5.41, 5.74) is 0.616. The topological polar surface area (TPSA) is 27.6 Å². The molecule has 0 aromatic carbocycles. The fraction of sp³-hybridized carbons (Fsp3) is 0.688. The van der Waals surface area contributed by atoms with Crippen LogP contribution in [0.4, 0.5) is 0 Å². The van der Waals surface area contributed by atoms with Gasteiger partial charge in [-0.2, -0.15) is 0 Å². The van der Waals surface area contributed by atoms with Crippen LogP contribution in [0.3, 0.4) is 0 Å². The van der Waals surface area contributed by atoms with E-state index in [1.807, 2.05) is 18.4 Å². The number of aliphatic imine (C=N–C) groups is 1. The zero-order chi connectivity index (χ0) is 13.8. The first kappa shape index (κ1) is 13.9. The van der Waals surface area contributed by atoms with E-state index in [0.29, 0.717) is 5.41 Å². The van der Waals surface area contributed by atoms with Crippen molar-refractivity contribution in [1.82, 2.24) is 10.2 Å². The molecule has 4 heteroatoms. The van der Waals surface area contributed by atoms with Crippen molar-refractivity contribution in [3.63, 3.8) is 0 Å². The van der Waals surface area contributed by atoms with Crippen LogP contribution in [0.1, 0.15) is 37.0 Å². The SMILES string of the molecule is CN=C(NCCc1cccs1)N1CCC2(CCCC2)C1. The Bertz CT molecular complexity index is 446. The van der Waals surface area contributed by atoms with Gasteiger partial charge in [-0.1, -0.05) is 18.9 Å². The third kappa shape index (κ3) is 3.00. The highest BCUT2D eigenvalue weighted by atomic mass is 32.1. The number of nitrogens with one attached hydrogen (secondary N) is 1. The molecule has 3 nitrogen and oxygen atoms in total. The number of guanidine groups is 1. The maximum absolute atomic E-state index is 4.48. The van der Waals surface area contributed by atoms with Gasteiger partial charge in [-0.25, -0.2) is 0 Å². The van der Waals surface area contributed by atoms with E-state index in [1.165, 1.54) is 50.1 Å². The molecule has 0 atom stereocenters. The van der Waals surface area contributed by atoms with Gasteiger partial charge in [0, 0.05) is 31.6 Å². The fourth-order valence-corrected chi connectivity index (χ4v) is 4.44. The summed E-state index contributed by atoms with van der Waals surface area (Å²) in [7, 11) is 1.91. The van der Waals surface area contributed by atoms with E-state index < -0.39 is 0 Å². The monoisotopic (exact) mass is 291 g/mol. The molecular formula is C16H25N3S. The fourth-order valence-electron chi connectivity index (χ4n) is 3.73. The molecule has 1 aliphatic heterocycles. The molecule has 2 aliphatic rings. The summed E-state index contributed by atoms with van der Waals surface area (Å²) in [6.07, 6.45) is 8.16. The van der Waals surface area contributed by atoms with Crippen molar-refractivity contribution < 1.29 is 0 Å². The summed E-state index contributed by atoms with van der Waals surface area (Å²) < 4.78 is 0. The van der Waals surface area contributed by atoms with Gasteiger partial charge >= 0.3 is 0 Å². The summed E-state index contributed by atoms with van der Waals surface area (Å²) in [6.45, 7) is 3.38. The van der Waals surface area contributed by atoms with Crippen LogP contribution in [0.15, 0.2) is 22.5 Å². The van der Waals surface area contributed by atoms with Crippen LogP contribution in [-0.4, -0.2) is 37.5 Å². The van der Waals surface area contributed by atoms with E-state index in [0.717, 1.165) is 18.9 Å². The third-order valence-electron chi connectivity index (χ3n) is 4.85. The predicted molar refractivity (Wildman–Crippen MR) is 86.5 cm³/mol. The van der Waals surface area contributed by atoms with E-state index in [2.05, 4.69) is 32.7 Å². The van der Waals surface area contributed by atoms with Crippen LogP contribution in [0, 0.1) is 5.41 Å². The van der Waals surface area contributed by atoms with E-state index >= 15 is 0 Å². The van der Waals surface area contributed by atoms with Crippen molar-refractivity contribution in [2.75, 3.05) is 26.7 Å². The van der Waals surface area contributed by atoms with Gasteiger partial charge in [0.1, 0.15) is 0 Å². The van der Waals surface area contributed by atoms with Crippen molar-refractivity contribution >= 4 is 17.3 Å². The van der Waals surface area contributed by atoms with Crippen molar-refractivity contribution in [2.45, 2.75) is 38.5 Å². The lowest BCUT2D eigenvalue weighted by atomic mass is 9.86. The Morgan fingerprint density at radius 3 is 2.95 bits per heavy atom. The first-order chi connectivity index (χ1) is 9.81. The Kier molecular flexibility index (Phi) is 4.29. The minimum Gasteiger partial charge on any atom is -0.356 e. The molecule has 0 bridgehead atoms. The molecule has 0 radical (unpaired) electrons. The summed E-state index contributed by atoms with van der Waals surface area (Å²) in [4.78, 5) is 8.40. The molecule has 0 unspecified atom stereocenters. The molecule has 1 N–H and O–H groups in total. The van der Waals surface area contributed by atoms with E-state index in [-0.39, 0.29) is 0 Å². The first-order valence-corrected chi connectivity index (χ1v) is 8.67. The van der Waals surface area contributed by atoms with E-state index in [9.17, 15) is 0 Å². The van der Waals surface area contributed by atoms with Crippen LogP contribution in [0.25, 0.3) is 0 Å². The third-order valence-corrected chi connectivity index (χ3v) is 5.78. The molecular weight excluding hydrogens is 266 g/mol. The highest BCUT2D eigenvalue weighted by Gasteiger charge is 2.40. The Hall–Kier alpha value is -1.03. The normalized spacial score (nSPS) is 21.9. The predicted octanol–water partition coefficient (Wildman–Crippen LogP) is 3.13. The summed E-state index contributed by atoms with van der Waals surface area (Å²) in [6, 6.07) is 4.33. The maximum Gasteiger partial charge on any atom is 0.193 e. The summed E-state index contributed by atoms with van der Waals surface area (Å²) >= 11 is 1.84. The molecule has 2 heterocycles. The van der Waals surface area contributed by atoms with Gasteiger partial charge in [-0.15, -0.1) is 11.3 Å². The average Bonchev–Trinajstić information content (AvgIpc) is 3.19. The van der Waals surface area contributed by atoms with Crippen LogP contribution in [0.5, 0.6) is 0 Å². The lowest BCUT2D eigenvalue weighted by Gasteiger charge is -2.25. The van der Waals surface area contributed by atoms with Gasteiger partial charge < -0.3 is 10.2 Å². The van der Waals surface area contributed by atoms with Gasteiger partial charge in [-0.05, 0) is 42.5 Å². The molecule has 110 valence electrons. The zero-order valence-corrected chi connectivity index (χ0v) is 13.2. The molecule has 1 spiro atoms. The highest BCUT2D eigenvalue weighted by molar-refractivity contribution is 7.09. The van der Waals surface area contributed by atoms with Gasteiger partial charge in [0.15, 0.2) is 5.96 Å². The Morgan fingerprint density at radius 1 is 1.40 bits per heavy atom. The molecule has 1 aromatic heterocycles. The molecule has 20 heavy (non-hydrogen) atoms. The van der Waals surface area contributed by atoms with Crippen LogP contribution < -0.4 is 5.32 Å². The quantitative estimate of drug-likeness (QED) is 0.684. The second-order valence-corrected chi connectivity index (χ2v) is 7.21. The standard InChI is InChI=1S/C16H25N3S/c1-17-15(18-10-6-14-5-4-12-20-14)19-11-9-16(13-19)7-2-3-8-16/h4-5,12H,2-3,6-11,13H2,1H3,(H,17,18). The maximum atomic E-state index is 4.48. The molecule has 0 amide bonds. The van der Waals surface area contributed by atoms with Crippen molar-refractivity contribution in [3.8, 4) is 0 Å². The molecule has 1 saturated heterocycles. The van der Waals surface area contributed by atoms with Gasteiger partial charge in [-0.3, -0.25) is 4.99 Å². The Labute approximate surface area is 126 Å². The number of thiophene rings is 1. The van der Waals surface area contributed by atoms with E-state index in [4.69, 9.17) is 0 Å². The van der Waals surface area contributed by atoms with Gasteiger partial charge in [0.05, 0.1) is 0 Å². The first-order valence-electron chi connectivity index (χ1n) is 7.79. The molecule has 1 aliphatic carbocycles. The second kappa shape index (κ2) is 6.17. The lowest BCUT2D eigenvalue weighted by molar-refractivity contribution is 0.309. The summed E-state index contributed by atoms with van der Waals surface area (Å²) in [5, 5.41) is 5.69. The highest BCUT2D eigenvalue weighted by Crippen LogP contribution is 2.45. The molecule has 1 saturated carbocycles. The Balaban J connectivity index is 1.50. The number of hydrogen-bond donors (Lipinski definition) is 1. The minimum atomic E-state index is 0.616. The number of nitrogens with zero attached hydrogens (tertiary/aromatic N) is 2. The van der Waals surface area contributed by atoms with Gasteiger partial charge in [0.2, 0.25) is 0 Å². The number of rotatable bonds is 3. The lowest BCUT2D eigenvalue weighted by Crippen LogP contribution is -2.41. The van der Waals surface area contributed by atoms with E-state index in [1.54, 1.807) is 0 Å². The van der Waals surface area contributed by atoms with Crippen molar-refractivity contribution in [2.24, 2.45) is 10.4 Å². The molecule has 3 rings (SSSR count). The van der Waals surface area contributed by atoms with Gasteiger partial charge in [0.25, 0.3) is 0 Å². The van der Waals surface area contributed by atoms with Crippen LogP contribution >= 0.6 is 11.3 Å². The number of likely N-dealkylation sites (tertiary alicyclic amines) is 1. The van der Waals surface area contributed by atoms with Crippen LogP contribution in [0.2, 0.25) is 0 Å². The average molecular weight is 291 g/mol. The molecule has 2 fully saturated rings. The second-order valence-electron chi connectivity index (χ2n) is 6.18. The largest absolute Gasteiger partial charge is 0.356 e. The van der Waals surface area contributed by atoms with Crippen molar-refractivity contribution in [3.05, 3.63) is 22.4 Å². The zero-order valence-electron chi connectivity index (χ0n) is 12.4. The Morgan fingerprint density at radius 2 is 2.25 bits per heavy atom. The molecule has 1 aromatic rings. The minimum absolute atomic E-state index is 0.616. The smallest absolute Gasteiger partial charge is 0.193 e. The van der Waals surface area contributed by atoms with Crippen molar-refractivity contribution in [1.29, 1.82) is 0 Å². The number of hydrogen-bond acceptors (Lipinski definition) is 2. The van der Waals surface area contributed by atoms with Crippen LogP contribution in [-0.2, 0) is 6.42 Å². The summed E-state index contributed by atoms with van der Waals surface area (Å²) in [5.74, 6) is 1.10.